The number of hydrogen-bond acceptors (Lipinski definition) is 7. The molecule has 0 spiro atoms. The molecule has 0 saturated heterocycles. The summed E-state index contributed by atoms with van der Waals surface area (Å²) < 4.78 is 25.9. The van der Waals surface area contributed by atoms with E-state index in [1.165, 1.54) is 57.8 Å². The number of aliphatic carboxylic acids is 1. The number of rotatable bonds is 21. The molecule has 0 heterocycles. The van der Waals surface area contributed by atoms with Crippen molar-refractivity contribution >= 4 is 13.8 Å². The third kappa shape index (κ3) is 19.2. The maximum absolute atomic E-state index is 11.5. The van der Waals surface area contributed by atoms with Gasteiger partial charge in [-0.05, 0) is 6.42 Å². The summed E-state index contributed by atoms with van der Waals surface area (Å²) in [6.45, 7) is 1.58. The topological polar surface area (TPSA) is 149 Å². The van der Waals surface area contributed by atoms with Crippen LogP contribution in [0.3, 0.4) is 0 Å². The summed E-state index contributed by atoms with van der Waals surface area (Å²) in [6.07, 6.45) is 12.6. The lowest BCUT2D eigenvalue weighted by atomic mass is 10.1. The van der Waals surface area contributed by atoms with Gasteiger partial charge < -0.3 is 25.6 Å². The quantitative estimate of drug-likeness (QED) is 0.156. The van der Waals surface area contributed by atoms with Crippen molar-refractivity contribution in [2.45, 2.75) is 89.7 Å². The Morgan fingerprint density at radius 1 is 0.897 bits per heavy atom. The van der Waals surface area contributed by atoms with Gasteiger partial charge in [0, 0.05) is 6.61 Å². The van der Waals surface area contributed by atoms with Gasteiger partial charge in [-0.2, -0.15) is 0 Å². The van der Waals surface area contributed by atoms with Crippen LogP contribution in [0.5, 0.6) is 0 Å². The molecule has 3 unspecified atom stereocenters. The first-order valence-corrected chi connectivity index (χ1v) is 12.1. The summed E-state index contributed by atoms with van der Waals surface area (Å²) in [5, 5.41) is 18.3. The SMILES string of the molecule is CCCCCCCCCCCCCOCC(O)COP(=O)(O)OCC(N)C(=O)O. The van der Waals surface area contributed by atoms with Gasteiger partial charge in [-0.25, -0.2) is 4.57 Å². The number of phosphoric ester groups is 1. The standard InChI is InChI=1S/C19H40NO8P/c1-2-3-4-5-6-7-8-9-10-11-12-13-26-14-17(21)15-27-29(24,25)28-16-18(20)19(22)23/h17-18,21H,2-16,20H2,1H3,(H,22,23)(H,24,25). The van der Waals surface area contributed by atoms with E-state index in [2.05, 4.69) is 16.0 Å². The summed E-state index contributed by atoms with van der Waals surface area (Å²) in [7, 11) is -4.47. The van der Waals surface area contributed by atoms with Crippen molar-refractivity contribution < 1.29 is 38.3 Å². The van der Waals surface area contributed by atoms with Crippen LogP contribution < -0.4 is 5.73 Å². The highest BCUT2D eigenvalue weighted by Crippen LogP contribution is 2.43. The molecular weight excluding hydrogens is 401 g/mol. The van der Waals surface area contributed by atoms with Gasteiger partial charge in [0.2, 0.25) is 0 Å². The van der Waals surface area contributed by atoms with E-state index in [9.17, 15) is 19.4 Å². The van der Waals surface area contributed by atoms with Crippen molar-refractivity contribution in [3.05, 3.63) is 0 Å². The van der Waals surface area contributed by atoms with Crippen molar-refractivity contribution in [1.29, 1.82) is 0 Å². The predicted octanol–water partition coefficient (Wildman–Crippen LogP) is 3.22. The number of aliphatic hydroxyl groups excluding tert-OH is 1. The number of nitrogens with two attached hydrogens (primary N) is 1. The minimum atomic E-state index is -4.47. The highest BCUT2D eigenvalue weighted by atomic mass is 31.2. The van der Waals surface area contributed by atoms with E-state index in [1.807, 2.05) is 0 Å². The first-order chi connectivity index (χ1) is 13.8. The molecule has 0 aliphatic rings. The molecule has 0 aromatic heterocycles. The van der Waals surface area contributed by atoms with Gasteiger partial charge in [-0.15, -0.1) is 0 Å². The molecule has 0 aliphatic heterocycles. The molecule has 0 rings (SSSR count). The second kappa shape index (κ2) is 18.2. The fourth-order valence-electron chi connectivity index (χ4n) is 2.60. The zero-order valence-corrected chi connectivity index (χ0v) is 18.6. The molecule has 0 aromatic carbocycles. The van der Waals surface area contributed by atoms with Crippen LogP contribution in [0.25, 0.3) is 0 Å². The maximum Gasteiger partial charge on any atom is 0.472 e. The summed E-state index contributed by atoms with van der Waals surface area (Å²) >= 11 is 0. The van der Waals surface area contributed by atoms with Gasteiger partial charge in [0.05, 0.1) is 19.8 Å². The number of hydrogen-bond donors (Lipinski definition) is 4. The average molecular weight is 442 g/mol. The van der Waals surface area contributed by atoms with Gasteiger partial charge in [0.15, 0.2) is 0 Å². The number of carboxylic acid groups (broad SMARTS) is 1. The van der Waals surface area contributed by atoms with Gasteiger partial charge in [-0.3, -0.25) is 13.8 Å². The fraction of sp³-hybridized carbons (Fsp3) is 0.947. The lowest BCUT2D eigenvalue weighted by molar-refractivity contribution is -0.139. The summed E-state index contributed by atoms with van der Waals surface area (Å²) in [4.78, 5) is 19.9. The van der Waals surface area contributed by atoms with Gasteiger partial charge in [0.25, 0.3) is 0 Å². The van der Waals surface area contributed by atoms with Crippen molar-refractivity contribution in [2.24, 2.45) is 5.73 Å². The first-order valence-electron chi connectivity index (χ1n) is 10.6. The second-order valence-corrected chi connectivity index (χ2v) is 8.72. The van der Waals surface area contributed by atoms with Crippen LogP contribution in [0.4, 0.5) is 0 Å². The summed E-state index contributed by atoms with van der Waals surface area (Å²) in [5.74, 6) is -1.36. The van der Waals surface area contributed by atoms with Crippen LogP contribution in [-0.4, -0.2) is 59.6 Å². The number of ether oxygens (including phenoxy) is 1. The number of carboxylic acids is 1. The number of aliphatic hydroxyl groups is 1. The minimum Gasteiger partial charge on any atom is -0.480 e. The number of phosphoric acid groups is 1. The van der Waals surface area contributed by atoms with Crippen molar-refractivity contribution in [3.8, 4) is 0 Å². The molecule has 0 aliphatic carbocycles. The Morgan fingerprint density at radius 3 is 1.90 bits per heavy atom. The van der Waals surface area contributed by atoms with Crippen LogP contribution in [0.1, 0.15) is 77.6 Å². The smallest absolute Gasteiger partial charge is 0.472 e. The van der Waals surface area contributed by atoms with E-state index < -0.39 is 39.2 Å². The molecule has 0 bridgehead atoms. The van der Waals surface area contributed by atoms with E-state index in [-0.39, 0.29) is 6.61 Å². The zero-order valence-electron chi connectivity index (χ0n) is 17.7. The molecule has 10 heteroatoms. The fourth-order valence-corrected chi connectivity index (χ4v) is 3.38. The Morgan fingerprint density at radius 2 is 1.38 bits per heavy atom. The lowest BCUT2D eigenvalue weighted by Gasteiger charge is -2.16. The highest BCUT2D eigenvalue weighted by molar-refractivity contribution is 7.47. The molecule has 0 fully saturated rings. The van der Waals surface area contributed by atoms with Crippen LogP contribution in [0.2, 0.25) is 0 Å². The zero-order chi connectivity index (χ0) is 22.0. The Hall–Kier alpha value is -0.540. The molecular formula is C19H40NO8P. The van der Waals surface area contributed by atoms with E-state index in [4.69, 9.17) is 15.6 Å². The molecule has 3 atom stereocenters. The Labute approximate surface area is 174 Å². The van der Waals surface area contributed by atoms with Crippen molar-refractivity contribution in [1.82, 2.24) is 0 Å². The third-order valence-electron chi connectivity index (χ3n) is 4.37. The van der Waals surface area contributed by atoms with Crippen LogP contribution in [-0.2, 0) is 23.1 Å². The molecule has 0 aromatic rings. The summed E-state index contributed by atoms with van der Waals surface area (Å²) in [5.41, 5.74) is 5.16. The summed E-state index contributed by atoms with van der Waals surface area (Å²) in [6, 6.07) is -1.43. The molecule has 0 amide bonds. The molecule has 29 heavy (non-hydrogen) atoms. The monoisotopic (exact) mass is 441 g/mol. The Kier molecular flexibility index (Phi) is 17.9. The largest absolute Gasteiger partial charge is 0.480 e. The molecule has 9 nitrogen and oxygen atoms in total. The van der Waals surface area contributed by atoms with Gasteiger partial charge in [0.1, 0.15) is 12.1 Å². The average Bonchev–Trinajstić information content (AvgIpc) is 2.68. The number of carbonyl (C=O) groups is 1. The molecule has 174 valence electrons. The lowest BCUT2D eigenvalue weighted by Crippen LogP contribution is -2.34. The number of unbranched alkanes of at least 4 members (excludes halogenated alkanes) is 10. The molecule has 5 N–H and O–H groups in total. The van der Waals surface area contributed by atoms with Crippen molar-refractivity contribution in [2.75, 3.05) is 26.4 Å². The Bertz CT molecular complexity index is 452. The Balaban J connectivity index is 3.50. The van der Waals surface area contributed by atoms with Gasteiger partial charge >= 0.3 is 13.8 Å². The van der Waals surface area contributed by atoms with E-state index in [1.54, 1.807) is 0 Å². The van der Waals surface area contributed by atoms with Gasteiger partial charge in [-0.1, -0.05) is 71.1 Å². The van der Waals surface area contributed by atoms with Crippen LogP contribution in [0.15, 0.2) is 0 Å². The predicted molar refractivity (Wildman–Crippen MR) is 111 cm³/mol. The van der Waals surface area contributed by atoms with Crippen molar-refractivity contribution in [3.63, 3.8) is 0 Å². The van der Waals surface area contributed by atoms with Crippen LogP contribution >= 0.6 is 7.82 Å². The third-order valence-corrected chi connectivity index (χ3v) is 5.32. The molecule has 0 radical (unpaired) electrons. The second-order valence-electron chi connectivity index (χ2n) is 7.27. The van der Waals surface area contributed by atoms with E-state index >= 15 is 0 Å². The van der Waals surface area contributed by atoms with E-state index in [0.717, 1.165) is 12.8 Å². The van der Waals surface area contributed by atoms with Crippen LogP contribution in [0, 0.1) is 0 Å². The highest BCUT2D eigenvalue weighted by Gasteiger charge is 2.25. The first kappa shape index (κ1) is 28.5. The van der Waals surface area contributed by atoms with E-state index in [0.29, 0.717) is 6.61 Å². The normalized spacial score (nSPS) is 15.7. The molecule has 0 saturated carbocycles. The maximum atomic E-state index is 11.5. The minimum absolute atomic E-state index is 0.0214.